The van der Waals surface area contributed by atoms with E-state index in [1.165, 1.54) is 49.3 Å². The number of alkyl carbamates (subject to hydrolysis) is 2. The summed E-state index contributed by atoms with van der Waals surface area (Å²) < 4.78 is 34.3. The Balaban J connectivity index is 0.000000276. The Morgan fingerprint density at radius 2 is 1.00 bits per heavy atom. The van der Waals surface area contributed by atoms with Crippen molar-refractivity contribution in [2.45, 2.75) is 58.5 Å². The SMILES string of the molecule is C.C.C.C#C[C@](CN1Cc2ccc(OC)cc2C1=O)(NC(=O)OC)C(=O)OC.COC(=O)N[C@](C#Cc1cccnc1)(CN1Cc2ccc(OC)cc2C1=O)C(=O)OC.COc1ccc2c(c1)C(=O)N(C[C@@]1(C#Cc3cccnc3)NC(=O)NC1=O)C2. The molecule has 0 radical (unpaired) electrons. The van der Waals surface area contributed by atoms with Crippen LogP contribution in [0.15, 0.2) is 104 Å². The average molecular weight is 1190 g/mol. The number of carbonyl (C=O) groups is 9. The molecule has 3 atom stereocenters. The highest BCUT2D eigenvalue weighted by Crippen LogP contribution is 2.31. The Bertz CT molecular complexity index is 3590. The second kappa shape index (κ2) is 29.9. The number of imide groups is 1. The van der Waals surface area contributed by atoms with Gasteiger partial charge in [0.05, 0.1) is 69.4 Å². The molecule has 0 aliphatic carbocycles. The largest absolute Gasteiger partial charge is 0.497 e. The maximum absolute atomic E-state index is 13.0. The Morgan fingerprint density at radius 3 is 1.39 bits per heavy atom. The molecule has 25 heteroatoms. The Morgan fingerprint density at radius 1 is 0.586 bits per heavy atom. The van der Waals surface area contributed by atoms with Crippen molar-refractivity contribution in [3.63, 3.8) is 0 Å². The van der Waals surface area contributed by atoms with E-state index < -0.39 is 52.7 Å². The molecule has 6 heterocycles. The van der Waals surface area contributed by atoms with Crippen LogP contribution < -0.4 is 35.5 Å². The molecule has 3 aromatic carbocycles. The van der Waals surface area contributed by atoms with Crippen molar-refractivity contribution in [1.82, 2.24) is 45.9 Å². The highest BCUT2D eigenvalue weighted by atomic mass is 16.6. The third-order valence-corrected chi connectivity index (χ3v) is 13.3. The lowest BCUT2D eigenvalue weighted by Crippen LogP contribution is -2.60. The number of nitrogens with zero attached hydrogens (tertiary/aromatic N) is 5. The fraction of sp³-hybridized carbons (Fsp3) is 0.306. The van der Waals surface area contributed by atoms with Gasteiger partial charge in [-0.25, -0.2) is 24.0 Å². The lowest BCUT2D eigenvalue weighted by atomic mass is 9.99. The summed E-state index contributed by atoms with van der Waals surface area (Å²) in [4.78, 5) is 124. The number of fused-ring (bicyclic) bond motifs is 3. The number of hydrogen-bond acceptors (Lipinski definition) is 18. The van der Waals surface area contributed by atoms with Gasteiger partial charge in [-0.1, -0.05) is 70.1 Å². The lowest BCUT2D eigenvalue weighted by Gasteiger charge is -2.30. The summed E-state index contributed by atoms with van der Waals surface area (Å²) in [5, 5.41) is 9.52. The van der Waals surface area contributed by atoms with E-state index in [0.29, 0.717) is 51.6 Å². The number of hydrogen-bond donors (Lipinski definition) is 4. The number of benzene rings is 3. The van der Waals surface area contributed by atoms with Crippen LogP contribution in [0.3, 0.4) is 0 Å². The van der Waals surface area contributed by atoms with Crippen LogP contribution in [0.5, 0.6) is 17.2 Å². The molecular weight excluding hydrogens is 1130 g/mol. The number of aromatic nitrogens is 2. The van der Waals surface area contributed by atoms with Crippen LogP contribution in [0.4, 0.5) is 14.4 Å². The van der Waals surface area contributed by atoms with Crippen LogP contribution in [0.2, 0.25) is 0 Å². The van der Waals surface area contributed by atoms with Gasteiger partial charge in [-0.05, 0) is 77.4 Å². The first-order chi connectivity index (χ1) is 40.3. The number of amides is 8. The minimum absolute atomic E-state index is 0. The van der Waals surface area contributed by atoms with Gasteiger partial charge >= 0.3 is 30.2 Å². The monoisotopic (exact) mass is 1190 g/mol. The van der Waals surface area contributed by atoms with Gasteiger partial charge in [0.2, 0.25) is 16.6 Å². The molecule has 1 saturated heterocycles. The number of rotatable bonds is 13. The molecule has 0 bridgehead atoms. The normalized spacial score (nSPS) is 15.7. The van der Waals surface area contributed by atoms with Gasteiger partial charge in [-0.3, -0.25) is 45.1 Å². The van der Waals surface area contributed by atoms with Gasteiger partial charge in [-0.2, -0.15) is 0 Å². The number of pyridine rings is 2. The number of ether oxygens (including phenoxy) is 7. The highest BCUT2D eigenvalue weighted by molar-refractivity contribution is 6.10. The maximum atomic E-state index is 13.0. The van der Waals surface area contributed by atoms with E-state index in [4.69, 9.17) is 30.1 Å². The summed E-state index contributed by atoms with van der Waals surface area (Å²) in [6.07, 6.45) is 9.94. The van der Waals surface area contributed by atoms with Crippen LogP contribution in [0.25, 0.3) is 0 Å². The molecule has 456 valence electrons. The van der Waals surface area contributed by atoms with Crippen LogP contribution in [0, 0.1) is 36.0 Å². The van der Waals surface area contributed by atoms with Gasteiger partial charge < -0.3 is 53.2 Å². The summed E-state index contributed by atoms with van der Waals surface area (Å²) in [5.41, 5.74) is -0.366. The van der Waals surface area contributed by atoms with Crippen LogP contribution in [-0.4, -0.2) is 164 Å². The zero-order valence-corrected chi connectivity index (χ0v) is 46.4. The minimum Gasteiger partial charge on any atom is -0.497 e. The zero-order chi connectivity index (χ0) is 60.8. The summed E-state index contributed by atoms with van der Waals surface area (Å²) in [6, 6.07) is 21.7. The minimum atomic E-state index is -1.86. The molecule has 5 aromatic rings. The van der Waals surface area contributed by atoms with E-state index in [1.54, 1.807) is 91.4 Å². The van der Waals surface area contributed by atoms with Gasteiger partial charge in [0.25, 0.3) is 23.6 Å². The predicted octanol–water partition coefficient (Wildman–Crippen LogP) is 4.50. The van der Waals surface area contributed by atoms with Crippen LogP contribution >= 0.6 is 0 Å². The summed E-state index contributed by atoms with van der Waals surface area (Å²) >= 11 is 0. The number of methoxy groups -OCH3 is 7. The summed E-state index contributed by atoms with van der Waals surface area (Å²) in [7, 11) is 9.15. The first-order valence-corrected chi connectivity index (χ1v) is 25.1. The zero-order valence-electron chi connectivity index (χ0n) is 46.4. The van der Waals surface area contributed by atoms with Gasteiger partial charge in [-0.15, -0.1) is 6.42 Å². The van der Waals surface area contributed by atoms with Gasteiger partial charge in [0.15, 0.2) is 0 Å². The molecule has 0 unspecified atom stereocenters. The molecule has 9 rings (SSSR count). The van der Waals surface area contributed by atoms with Crippen molar-refractivity contribution < 1.29 is 76.3 Å². The van der Waals surface area contributed by atoms with Crippen LogP contribution in [-0.2, 0) is 53.0 Å². The van der Waals surface area contributed by atoms with E-state index >= 15 is 0 Å². The third-order valence-electron chi connectivity index (χ3n) is 13.3. The average Bonchev–Trinajstić information content (AvgIpc) is 1.82. The number of nitrogens with one attached hydrogen (secondary N) is 4. The number of carbonyl (C=O) groups excluding carboxylic acids is 9. The first-order valence-electron chi connectivity index (χ1n) is 25.1. The van der Waals surface area contributed by atoms with Crippen molar-refractivity contribution >= 4 is 53.8 Å². The number of esters is 2. The second-order valence-corrected chi connectivity index (χ2v) is 18.5. The molecule has 1 fully saturated rings. The molecule has 25 nitrogen and oxygen atoms in total. The Hall–Kier alpha value is -11.1. The van der Waals surface area contributed by atoms with E-state index in [2.05, 4.69) is 70.3 Å². The molecule has 4 aliphatic rings. The van der Waals surface area contributed by atoms with E-state index in [-0.39, 0.29) is 72.7 Å². The maximum Gasteiger partial charge on any atom is 0.408 e. The molecule has 0 spiro atoms. The van der Waals surface area contributed by atoms with E-state index in [0.717, 1.165) is 38.0 Å². The Kier molecular flexibility index (Phi) is 23.5. The molecule has 4 N–H and O–H groups in total. The summed E-state index contributed by atoms with van der Waals surface area (Å²) in [6.45, 7) is 0.194. The van der Waals surface area contributed by atoms with Crippen molar-refractivity contribution in [2.24, 2.45) is 0 Å². The van der Waals surface area contributed by atoms with E-state index in [1.807, 2.05) is 6.07 Å². The highest BCUT2D eigenvalue weighted by Gasteiger charge is 2.49. The third kappa shape index (κ3) is 15.4. The second-order valence-electron chi connectivity index (χ2n) is 18.5. The quantitative estimate of drug-likeness (QED) is 0.0546. The topological polar surface area (TPSA) is 302 Å². The molecule has 0 saturated carbocycles. The van der Waals surface area contributed by atoms with E-state index in [9.17, 15) is 43.2 Å². The van der Waals surface area contributed by atoms with Crippen molar-refractivity contribution in [3.05, 3.63) is 148 Å². The van der Waals surface area contributed by atoms with Gasteiger partial charge in [0.1, 0.15) is 17.2 Å². The molecule has 4 aliphatic heterocycles. The summed E-state index contributed by atoms with van der Waals surface area (Å²) in [5.74, 6) is 12.0. The molecular formula is C62H67N9O16. The predicted molar refractivity (Wildman–Crippen MR) is 314 cm³/mol. The van der Waals surface area contributed by atoms with Crippen LogP contribution in [0.1, 0.15) is 81.2 Å². The number of urea groups is 1. The standard InChI is InChI=1S/C22H21N3O6.C20H16N4O4.C17H18N2O6.3CH4/c1-29-17-7-6-16-13-25(19(26)18(16)11-17)14-22(20(27)30-2,24-21(28)31-3)9-8-15-5-4-10-23-12-15;1-28-15-5-4-14-11-24(17(25)16(14)9-15)12-20(18(26)22-19(27)23-20)7-6-13-3-2-8-21-10-13;1-5-17(15(21)24-3,18-16(22)25-4)10-19-9-11-6-7-12(23-2)8-13(11)14(19)20;;;/h4-7,10-12H,13-14H2,1-3H3,(H,24,28);2-5,8-10H,11-12H2,1H3,(H2,22,23,26,27);1,6-8H,9-10H2,2-4H3,(H,18,22);3*1H4/t22-;20-;17-;;;/m111.../s1. The first kappa shape index (κ1) is 68.4. The van der Waals surface area contributed by atoms with Crippen molar-refractivity contribution in [3.8, 4) is 53.3 Å². The fourth-order valence-corrected chi connectivity index (χ4v) is 8.98. The fourth-order valence-electron chi connectivity index (χ4n) is 8.98. The molecule has 2 aromatic heterocycles. The lowest BCUT2D eigenvalue weighted by molar-refractivity contribution is -0.147. The smallest absolute Gasteiger partial charge is 0.408 e. The number of terminal acetylenes is 1. The van der Waals surface area contributed by atoms with Gasteiger partial charge in [0, 0.05) is 72.2 Å². The van der Waals surface area contributed by atoms with Crippen molar-refractivity contribution in [1.29, 1.82) is 0 Å². The van der Waals surface area contributed by atoms with Crippen molar-refractivity contribution in [2.75, 3.05) is 69.4 Å². The molecule has 8 amide bonds. The Labute approximate surface area is 503 Å². The molecule has 87 heavy (non-hydrogen) atoms.